The second-order valence-corrected chi connectivity index (χ2v) is 5.74. The van der Waals surface area contributed by atoms with Crippen LogP contribution in [0.15, 0.2) is 18.2 Å². The van der Waals surface area contributed by atoms with Gasteiger partial charge in [-0.3, -0.25) is 9.69 Å². The van der Waals surface area contributed by atoms with Gasteiger partial charge in [0.25, 0.3) is 0 Å². The molecular formula is C17H27N3O2. The number of carbonyl (C=O) groups is 1. The lowest BCUT2D eigenvalue weighted by Gasteiger charge is -2.27. The van der Waals surface area contributed by atoms with Gasteiger partial charge in [-0.15, -0.1) is 0 Å². The summed E-state index contributed by atoms with van der Waals surface area (Å²) in [5.41, 5.74) is 2.35. The van der Waals surface area contributed by atoms with Gasteiger partial charge in [0.2, 0.25) is 5.91 Å². The molecule has 1 fully saturated rings. The molecule has 5 nitrogen and oxygen atoms in total. The number of piperazine rings is 1. The van der Waals surface area contributed by atoms with Crippen molar-refractivity contribution in [3.05, 3.63) is 29.3 Å². The molecule has 1 saturated heterocycles. The van der Waals surface area contributed by atoms with Crippen LogP contribution in [-0.2, 0) is 4.79 Å². The van der Waals surface area contributed by atoms with Crippen LogP contribution in [0.25, 0.3) is 0 Å². The molecule has 2 rings (SSSR count). The van der Waals surface area contributed by atoms with Gasteiger partial charge in [0.15, 0.2) is 0 Å². The van der Waals surface area contributed by atoms with E-state index in [0.29, 0.717) is 19.6 Å². The first-order valence-electron chi connectivity index (χ1n) is 8.05. The first kappa shape index (κ1) is 16.8. The van der Waals surface area contributed by atoms with Crippen molar-refractivity contribution in [3.63, 3.8) is 0 Å². The van der Waals surface area contributed by atoms with E-state index in [-0.39, 0.29) is 5.91 Å². The Kier molecular flexibility index (Phi) is 6.68. The van der Waals surface area contributed by atoms with Crippen molar-refractivity contribution in [2.24, 2.45) is 0 Å². The van der Waals surface area contributed by atoms with Crippen LogP contribution in [0.1, 0.15) is 17.5 Å². The fraction of sp³-hybridized carbons (Fsp3) is 0.588. The van der Waals surface area contributed by atoms with Crippen LogP contribution in [-0.4, -0.2) is 56.7 Å². The van der Waals surface area contributed by atoms with Gasteiger partial charge in [-0.2, -0.15) is 0 Å². The van der Waals surface area contributed by atoms with Crippen LogP contribution >= 0.6 is 0 Å². The highest BCUT2D eigenvalue weighted by molar-refractivity contribution is 5.75. The van der Waals surface area contributed by atoms with Crippen molar-refractivity contribution < 1.29 is 9.53 Å². The minimum absolute atomic E-state index is 0.0560. The van der Waals surface area contributed by atoms with Crippen LogP contribution in [0.5, 0.6) is 5.75 Å². The van der Waals surface area contributed by atoms with Gasteiger partial charge in [0.05, 0.1) is 13.0 Å². The fourth-order valence-corrected chi connectivity index (χ4v) is 2.51. The number of hydrogen-bond acceptors (Lipinski definition) is 4. The molecule has 0 atom stereocenters. The highest BCUT2D eigenvalue weighted by Gasteiger charge is 2.09. The molecule has 1 aromatic carbocycles. The molecule has 0 aliphatic carbocycles. The molecule has 122 valence electrons. The van der Waals surface area contributed by atoms with Crippen LogP contribution in [0.3, 0.4) is 0 Å². The molecule has 1 amide bonds. The summed E-state index contributed by atoms with van der Waals surface area (Å²) in [4.78, 5) is 14.2. The number of aryl methyl sites for hydroxylation is 1. The van der Waals surface area contributed by atoms with E-state index < -0.39 is 0 Å². The summed E-state index contributed by atoms with van der Waals surface area (Å²) in [6.07, 6.45) is 0.398. The molecule has 0 saturated carbocycles. The zero-order valence-electron chi connectivity index (χ0n) is 13.7. The lowest BCUT2D eigenvalue weighted by molar-refractivity contribution is -0.121. The van der Waals surface area contributed by atoms with E-state index >= 15 is 0 Å². The number of ether oxygens (including phenoxy) is 1. The van der Waals surface area contributed by atoms with Crippen LogP contribution < -0.4 is 15.4 Å². The Balaban J connectivity index is 1.60. The molecular weight excluding hydrogens is 278 g/mol. The van der Waals surface area contributed by atoms with Crippen molar-refractivity contribution in [3.8, 4) is 5.75 Å². The highest BCUT2D eigenvalue weighted by Crippen LogP contribution is 2.20. The Morgan fingerprint density at radius 1 is 1.32 bits per heavy atom. The maximum Gasteiger partial charge on any atom is 0.223 e. The summed E-state index contributed by atoms with van der Waals surface area (Å²) in [5.74, 6) is 0.925. The Hall–Kier alpha value is -1.59. The number of hydrogen-bond donors (Lipinski definition) is 2. The maximum absolute atomic E-state index is 11.8. The number of amides is 1. The number of benzene rings is 1. The molecule has 2 N–H and O–H groups in total. The zero-order chi connectivity index (χ0) is 15.8. The Morgan fingerprint density at radius 2 is 2.09 bits per heavy atom. The minimum Gasteiger partial charge on any atom is -0.493 e. The SMILES string of the molecule is Cc1cccc(OCCC(=O)NCCN2CCNCC2)c1C. The topological polar surface area (TPSA) is 53.6 Å². The van der Waals surface area contributed by atoms with Crippen LogP contribution in [0, 0.1) is 13.8 Å². The lowest BCUT2D eigenvalue weighted by atomic mass is 10.1. The van der Waals surface area contributed by atoms with Crippen molar-refractivity contribution in [2.75, 3.05) is 45.9 Å². The monoisotopic (exact) mass is 305 g/mol. The second kappa shape index (κ2) is 8.76. The average Bonchev–Trinajstić information content (AvgIpc) is 2.52. The third-order valence-corrected chi connectivity index (χ3v) is 4.10. The van der Waals surface area contributed by atoms with Gasteiger partial charge < -0.3 is 15.4 Å². The molecule has 0 radical (unpaired) electrons. The summed E-state index contributed by atoms with van der Waals surface area (Å²) < 4.78 is 5.71. The van der Waals surface area contributed by atoms with E-state index in [9.17, 15) is 4.79 Å². The maximum atomic E-state index is 11.8. The normalized spacial score (nSPS) is 15.5. The summed E-state index contributed by atoms with van der Waals surface area (Å²) in [7, 11) is 0. The van der Waals surface area contributed by atoms with Crippen LogP contribution in [0.2, 0.25) is 0 Å². The Labute approximate surface area is 133 Å². The van der Waals surface area contributed by atoms with Crippen molar-refractivity contribution in [2.45, 2.75) is 20.3 Å². The van der Waals surface area contributed by atoms with Crippen molar-refractivity contribution >= 4 is 5.91 Å². The summed E-state index contributed by atoms with van der Waals surface area (Å²) in [5, 5.41) is 6.28. The van der Waals surface area contributed by atoms with E-state index in [4.69, 9.17) is 4.74 Å². The van der Waals surface area contributed by atoms with Gasteiger partial charge in [-0.25, -0.2) is 0 Å². The Morgan fingerprint density at radius 3 is 2.86 bits per heavy atom. The smallest absolute Gasteiger partial charge is 0.223 e. The van der Waals surface area contributed by atoms with Gasteiger partial charge >= 0.3 is 0 Å². The summed E-state index contributed by atoms with van der Waals surface area (Å²) in [6.45, 7) is 10.4. The van der Waals surface area contributed by atoms with Gasteiger partial charge in [0, 0.05) is 39.3 Å². The van der Waals surface area contributed by atoms with Crippen molar-refractivity contribution in [1.82, 2.24) is 15.5 Å². The summed E-state index contributed by atoms with van der Waals surface area (Å²) in [6, 6.07) is 5.99. The first-order chi connectivity index (χ1) is 10.7. The third kappa shape index (κ3) is 5.31. The van der Waals surface area contributed by atoms with E-state index in [1.54, 1.807) is 0 Å². The van der Waals surface area contributed by atoms with Gasteiger partial charge in [0.1, 0.15) is 5.75 Å². The lowest BCUT2D eigenvalue weighted by Crippen LogP contribution is -2.46. The largest absolute Gasteiger partial charge is 0.493 e. The highest BCUT2D eigenvalue weighted by atomic mass is 16.5. The van der Waals surface area contributed by atoms with Crippen molar-refractivity contribution in [1.29, 1.82) is 0 Å². The average molecular weight is 305 g/mol. The summed E-state index contributed by atoms with van der Waals surface area (Å²) >= 11 is 0. The van der Waals surface area contributed by atoms with E-state index in [2.05, 4.69) is 28.5 Å². The minimum atomic E-state index is 0.0560. The van der Waals surface area contributed by atoms with E-state index in [0.717, 1.165) is 44.0 Å². The molecule has 1 heterocycles. The Bertz CT molecular complexity index is 485. The standard InChI is InChI=1S/C17H27N3O2/c1-14-4-3-5-16(15(14)2)22-13-6-17(21)19-9-12-20-10-7-18-8-11-20/h3-5,18H,6-13H2,1-2H3,(H,19,21). The van der Waals surface area contributed by atoms with E-state index in [1.165, 1.54) is 5.56 Å². The van der Waals surface area contributed by atoms with E-state index in [1.807, 2.05) is 19.1 Å². The molecule has 1 aliphatic heterocycles. The molecule has 1 aliphatic rings. The first-order valence-corrected chi connectivity index (χ1v) is 8.05. The fourth-order valence-electron chi connectivity index (χ4n) is 2.51. The number of rotatable bonds is 7. The molecule has 0 spiro atoms. The quantitative estimate of drug-likeness (QED) is 0.792. The third-order valence-electron chi connectivity index (χ3n) is 4.10. The molecule has 0 aromatic heterocycles. The van der Waals surface area contributed by atoms with Gasteiger partial charge in [-0.1, -0.05) is 12.1 Å². The molecule has 0 unspecified atom stereocenters. The molecule has 1 aromatic rings. The molecule has 5 heteroatoms. The number of nitrogens with zero attached hydrogens (tertiary/aromatic N) is 1. The molecule has 0 bridgehead atoms. The number of nitrogens with one attached hydrogen (secondary N) is 2. The number of carbonyl (C=O) groups excluding carboxylic acids is 1. The predicted molar refractivity (Wildman–Crippen MR) is 88.3 cm³/mol. The molecule has 22 heavy (non-hydrogen) atoms. The van der Waals surface area contributed by atoms with Gasteiger partial charge in [-0.05, 0) is 31.0 Å². The predicted octanol–water partition coefficient (Wildman–Crippen LogP) is 1.09. The second-order valence-electron chi connectivity index (χ2n) is 5.74. The zero-order valence-corrected chi connectivity index (χ0v) is 13.7. The van der Waals surface area contributed by atoms with Crippen LogP contribution in [0.4, 0.5) is 0 Å².